The molecule has 4 heterocycles. The highest BCUT2D eigenvalue weighted by atomic mass is 16.5. The summed E-state index contributed by atoms with van der Waals surface area (Å²) >= 11 is 0. The van der Waals surface area contributed by atoms with Crippen LogP contribution < -0.4 is 10.2 Å². The van der Waals surface area contributed by atoms with E-state index in [2.05, 4.69) is 31.2 Å². The number of ether oxygens (including phenoxy) is 1. The number of nitrogens with zero attached hydrogens (tertiary/aromatic N) is 5. The molecule has 0 unspecified atom stereocenters. The quantitative estimate of drug-likeness (QED) is 0.831. The van der Waals surface area contributed by atoms with Crippen LogP contribution in [0.5, 0.6) is 0 Å². The van der Waals surface area contributed by atoms with Gasteiger partial charge in [-0.25, -0.2) is 9.97 Å². The third-order valence-corrected chi connectivity index (χ3v) is 5.36. The minimum atomic E-state index is -0.696. The fourth-order valence-corrected chi connectivity index (χ4v) is 3.73. The second-order valence-electron chi connectivity index (χ2n) is 7.23. The Morgan fingerprint density at radius 2 is 2.19 bits per heavy atom. The molecule has 8 heteroatoms. The van der Waals surface area contributed by atoms with Crippen molar-refractivity contribution in [2.75, 3.05) is 43.6 Å². The Kier molecular flexibility index (Phi) is 4.78. The van der Waals surface area contributed by atoms with Gasteiger partial charge in [0.2, 0.25) is 5.95 Å². The van der Waals surface area contributed by atoms with Gasteiger partial charge in [0, 0.05) is 51.1 Å². The van der Waals surface area contributed by atoms with Crippen LogP contribution in [0.3, 0.4) is 0 Å². The summed E-state index contributed by atoms with van der Waals surface area (Å²) in [5, 5.41) is 14.0. The maximum atomic E-state index is 10.9. The number of aliphatic hydroxyl groups is 1. The molecule has 4 rings (SSSR count). The summed E-state index contributed by atoms with van der Waals surface area (Å²) < 4.78 is 7.45. The summed E-state index contributed by atoms with van der Waals surface area (Å²) in [6.45, 7) is 3.64. The van der Waals surface area contributed by atoms with Crippen molar-refractivity contribution < 1.29 is 9.84 Å². The molecule has 2 N–H and O–H groups in total. The summed E-state index contributed by atoms with van der Waals surface area (Å²) in [6, 6.07) is 2.08. The van der Waals surface area contributed by atoms with E-state index in [4.69, 9.17) is 4.74 Å². The topological polar surface area (TPSA) is 88.3 Å². The Morgan fingerprint density at radius 1 is 1.35 bits per heavy atom. The number of hydrogen-bond donors (Lipinski definition) is 2. The second-order valence-corrected chi connectivity index (χ2v) is 7.23. The molecule has 1 atom stereocenters. The van der Waals surface area contributed by atoms with Crippen LogP contribution in [0.15, 0.2) is 24.8 Å². The number of nitrogens with one attached hydrogen (secondary N) is 1. The molecule has 26 heavy (non-hydrogen) atoms. The molecule has 0 radical (unpaired) electrons. The monoisotopic (exact) mass is 358 g/mol. The molecule has 2 saturated heterocycles. The first-order valence-electron chi connectivity index (χ1n) is 9.23. The maximum Gasteiger partial charge on any atom is 0.224 e. The molecule has 0 amide bonds. The van der Waals surface area contributed by atoms with E-state index in [1.165, 1.54) is 0 Å². The van der Waals surface area contributed by atoms with Crippen molar-refractivity contribution in [2.24, 2.45) is 0 Å². The van der Waals surface area contributed by atoms with Crippen molar-refractivity contribution in [2.45, 2.75) is 37.3 Å². The third kappa shape index (κ3) is 3.66. The molecule has 2 aromatic rings. The van der Waals surface area contributed by atoms with Crippen LogP contribution >= 0.6 is 0 Å². The predicted molar refractivity (Wildman–Crippen MR) is 98.4 cm³/mol. The van der Waals surface area contributed by atoms with Gasteiger partial charge in [0.15, 0.2) is 0 Å². The first-order valence-corrected chi connectivity index (χ1v) is 9.23. The molecular weight excluding hydrogens is 332 g/mol. The standard InChI is InChI=1S/C18H26N6O2/c1-19-17-21-15(14-2-9-26-11-14)10-16(22-17)24-6-3-18(25,4-7-24)12-23-8-5-20-13-23/h5,8,10,13-14,25H,2-4,6-7,9,11-12H2,1H3,(H,19,21,22)/t14-/m0/s1. The normalized spacial score (nSPS) is 22.5. The molecule has 2 aliphatic heterocycles. The highest BCUT2D eigenvalue weighted by Gasteiger charge is 2.33. The van der Waals surface area contributed by atoms with E-state index in [1.807, 2.05) is 17.8 Å². The van der Waals surface area contributed by atoms with Gasteiger partial charge in [-0.2, -0.15) is 4.98 Å². The van der Waals surface area contributed by atoms with Gasteiger partial charge in [0.25, 0.3) is 0 Å². The third-order valence-electron chi connectivity index (χ3n) is 5.36. The Hall–Kier alpha value is -2.19. The summed E-state index contributed by atoms with van der Waals surface area (Å²) in [6.07, 6.45) is 7.79. The minimum absolute atomic E-state index is 0.340. The average molecular weight is 358 g/mol. The maximum absolute atomic E-state index is 10.9. The van der Waals surface area contributed by atoms with E-state index in [0.717, 1.165) is 44.2 Å². The van der Waals surface area contributed by atoms with Gasteiger partial charge in [-0.15, -0.1) is 0 Å². The van der Waals surface area contributed by atoms with Crippen LogP contribution in [0, 0.1) is 0 Å². The number of piperidine rings is 1. The zero-order chi connectivity index (χ0) is 18.0. The lowest BCUT2D eigenvalue weighted by atomic mass is 9.91. The molecule has 8 nitrogen and oxygen atoms in total. The summed E-state index contributed by atoms with van der Waals surface area (Å²) in [4.78, 5) is 15.6. The highest BCUT2D eigenvalue weighted by molar-refractivity contribution is 5.46. The van der Waals surface area contributed by atoms with Gasteiger partial charge in [-0.1, -0.05) is 0 Å². The molecule has 2 aromatic heterocycles. The highest BCUT2D eigenvalue weighted by Crippen LogP contribution is 2.30. The van der Waals surface area contributed by atoms with Gasteiger partial charge in [-0.3, -0.25) is 0 Å². The van der Waals surface area contributed by atoms with Crippen LogP contribution in [0.1, 0.15) is 30.9 Å². The number of rotatable bonds is 5. The van der Waals surface area contributed by atoms with Crippen LogP contribution in [-0.4, -0.2) is 63.6 Å². The lowest BCUT2D eigenvalue weighted by Gasteiger charge is -2.39. The van der Waals surface area contributed by atoms with E-state index in [9.17, 15) is 5.11 Å². The molecule has 0 aliphatic carbocycles. The van der Waals surface area contributed by atoms with E-state index >= 15 is 0 Å². The Bertz CT molecular complexity index is 721. The predicted octanol–water partition coefficient (Wildman–Crippen LogP) is 1.25. The Labute approximate surface area is 153 Å². The van der Waals surface area contributed by atoms with Crippen molar-refractivity contribution in [3.63, 3.8) is 0 Å². The molecule has 0 aromatic carbocycles. The van der Waals surface area contributed by atoms with E-state index in [1.54, 1.807) is 12.5 Å². The van der Waals surface area contributed by atoms with Crippen LogP contribution in [-0.2, 0) is 11.3 Å². The first kappa shape index (κ1) is 17.2. The number of hydrogen-bond acceptors (Lipinski definition) is 7. The number of aromatic nitrogens is 4. The van der Waals surface area contributed by atoms with Crippen molar-refractivity contribution in [1.29, 1.82) is 0 Å². The zero-order valence-corrected chi connectivity index (χ0v) is 15.1. The van der Waals surface area contributed by atoms with Gasteiger partial charge in [-0.05, 0) is 19.3 Å². The molecule has 0 spiro atoms. The number of anilines is 2. The number of imidazole rings is 1. The fourth-order valence-electron chi connectivity index (χ4n) is 3.73. The fraction of sp³-hybridized carbons (Fsp3) is 0.611. The van der Waals surface area contributed by atoms with Gasteiger partial charge in [0.1, 0.15) is 5.82 Å². The molecule has 0 bridgehead atoms. The average Bonchev–Trinajstić information content (AvgIpc) is 3.35. The summed E-state index contributed by atoms with van der Waals surface area (Å²) in [5.41, 5.74) is 0.342. The molecule has 2 fully saturated rings. The minimum Gasteiger partial charge on any atom is -0.388 e. The van der Waals surface area contributed by atoms with Gasteiger partial charge >= 0.3 is 0 Å². The van der Waals surface area contributed by atoms with Crippen molar-refractivity contribution in [3.8, 4) is 0 Å². The first-order chi connectivity index (χ1) is 12.6. The van der Waals surface area contributed by atoms with Crippen LogP contribution in [0.4, 0.5) is 11.8 Å². The van der Waals surface area contributed by atoms with E-state index in [-0.39, 0.29) is 0 Å². The molecule has 0 saturated carbocycles. The van der Waals surface area contributed by atoms with Gasteiger partial charge < -0.3 is 24.6 Å². The van der Waals surface area contributed by atoms with Crippen LogP contribution in [0.25, 0.3) is 0 Å². The summed E-state index contributed by atoms with van der Waals surface area (Å²) in [5.74, 6) is 1.91. The lowest BCUT2D eigenvalue weighted by molar-refractivity contribution is -0.000178. The molecular formula is C18H26N6O2. The van der Waals surface area contributed by atoms with E-state index < -0.39 is 5.60 Å². The second kappa shape index (κ2) is 7.20. The molecule has 2 aliphatic rings. The van der Waals surface area contributed by atoms with Crippen molar-refractivity contribution in [3.05, 3.63) is 30.5 Å². The largest absolute Gasteiger partial charge is 0.388 e. The smallest absolute Gasteiger partial charge is 0.224 e. The van der Waals surface area contributed by atoms with Crippen molar-refractivity contribution >= 4 is 11.8 Å². The van der Waals surface area contributed by atoms with Crippen LogP contribution in [0.2, 0.25) is 0 Å². The Morgan fingerprint density at radius 3 is 2.85 bits per heavy atom. The molecule has 140 valence electrons. The summed E-state index contributed by atoms with van der Waals surface area (Å²) in [7, 11) is 1.84. The van der Waals surface area contributed by atoms with Crippen molar-refractivity contribution in [1.82, 2.24) is 19.5 Å². The van der Waals surface area contributed by atoms with Gasteiger partial charge in [0.05, 0.1) is 30.8 Å². The lowest BCUT2D eigenvalue weighted by Crippen LogP contribution is -2.47. The van der Waals surface area contributed by atoms with E-state index in [0.29, 0.717) is 31.3 Å². The zero-order valence-electron chi connectivity index (χ0n) is 15.1. The SMILES string of the molecule is CNc1nc([C@H]2CCOC2)cc(N2CCC(O)(Cn3ccnc3)CC2)n1. The Balaban J connectivity index is 1.47.